The molecule has 19 heavy (non-hydrogen) atoms. The second kappa shape index (κ2) is 5.55. The molecular weight excluding hydrogens is 320 g/mol. The Morgan fingerprint density at radius 2 is 1.68 bits per heavy atom. The molecule has 94 valence electrons. The van der Waals surface area contributed by atoms with Crippen molar-refractivity contribution in [1.82, 2.24) is 4.98 Å². The second-order valence-corrected chi connectivity index (χ2v) is 5.81. The lowest BCUT2D eigenvalue weighted by Crippen LogP contribution is -1.88. The molecule has 0 fully saturated rings. The summed E-state index contributed by atoms with van der Waals surface area (Å²) >= 11 is 5.05. The van der Waals surface area contributed by atoms with Crippen LogP contribution in [0.15, 0.2) is 64.5 Å². The molecule has 2 nitrogen and oxygen atoms in total. The Hall–Kier alpha value is -1.65. The lowest BCUT2D eigenvalue weighted by Gasteiger charge is -2.01. The van der Waals surface area contributed by atoms with Crippen molar-refractivity contribution < 1.29 is 0 Å². The first-order valence-corrected chi connectivity index (χ1v) is 7.52. The monoisotopic (exact) mass is 330 g/mol. The first-order valence-electron chi connectivity index (χ1n) is 5.85. The summed E-state index contributed by atoms with van der Waals surface area (Å²) in [4.78, 5) is 4.60. The van der Waals surface area contributed by atoms with Crippen LogP contribution in [0.25, 0.3) is 11.3 Å². The number of halogens is 1. The van der Waals surface area contributed by atoms with E-state index in [-0.39, 0.29) is 0 Å². The normalized spacial score (nSPS) is 10.4. The predicted molar refractivity (Wildman–Crippen MR) is 85.0 cm³/mol. The van der Waals surface area contributed by atoms with Gasteiger partial charge in [-0.2, -0.15) is 0 Å². The number of hydrogen-bond donors (Lipinski definition) is 1. The molecule has 0 saturated carbocycles. The van der Waals surface area contributed by atoms with Gasteiger partial charge in [0.05, 0.1) is 5.69 Å². The van der Waals surface area contributed by atoms with Crippen molar-refractivity contribution in [3.05, 3.63) is 64.5 Å². The van der Waals surface area contributed by atoms with E-state index in [4.69, 9.17) is 0 Å². The van der Waals surface area contributed by atoms with E-state index >= 15 is 0 Å². The number of nitrogens with zero attached hydrogens (tertiary/aromatic N) is 1. The van der Waals surface area contributed by atoms with Crippen molar-refractivity contribution in [2.75, 3.05) is 5.32 Å². The van der Waals surface area contributed by atoms with Crippen LogP contribution in [0.3, 0.4) is 0 Å². The summed E-state index contributed by atoms with van der Waals surface area (Å²) in [6, 6.07) is 18.2. The Morgan fingerprint density at radius 3 is 2.42 bits per heavy atom. The van der Waals surface area contributed by atoms with E-state index in [0.717, 1.165) is 26.5 Å². The van der Waals surface area contributed by atoms with E-state index in [0.29, 0.717) is 0 Å². The van der Waals surface area contributed by atoms with Crippen molar-refractivity contribution in [2.45, 2.75) is 0 Å². The van der Waals surface area contributed by atoms with E-state index in [2.05, 4.69) is 43.7 Å². The Morgan fingerprint density at radius 1 is 0.947 bits per heavy atom. The van der Waals surface area contributed by atoms with Crippen LogP contribution in [0.1, 0.15) is 0 Å². The topological polar surface area (TPSA) is 24.9 Å². The molecule has 1 aromatic heterocycles. The summed E-state index contributed by atoms with van der Waals surface area (Å²) in [5.74, 6) is 0. The van der Waals surface area contributed by atoms with Gasteiger partial charge in [0, 0.05) is 21.1 Å². The molecule has 0 atom stereocenters. The standard InChI is InChI=1S/C15H11BrN2S/c16-12-8-6-11(7-9-12)14-10-19-15(18-14)17-13-4-2-1-3-5-13/h1-10H,(H,17,18). The molecule has 0 aliphatic heterocycles. The van der Waals surface area contributed by atoms with Crippen LogP contribution >= 0.6 is 27.3 Å². The van der Waals surface area contributed by atoms with E-state index < -0.39 is 0 Å². The second-order valence-electron chi connectivity index (χ2n) is 4.04. The average molecular weight is 331 g/mol. The molecule has 1 heterocycles. The molecule has 0 bridgehead atoms. The maximum Gasteiger partial charge on any atom is 0.187 e. The Bertz CT molecular complexity index is 662. The Balaban J connectivity index is 1.82. The smallest absolute Gasteiger partial charge is 0.187 e. The third-order valence-electron chi connectivity index (χ3n) is 2.67. The Kier molecular flexibility index (Phi) is 3.62. The highest BCUT2D eigenvalue weighted by Crippen LogP contribution is 2.27. The number of nitrogens with one attached hydrogen (secondary N) is 1. The molecule has 2 aromatic carbocycles. The first kappa shape index (κ1) is 12.4. The van der Waals surface area contributed by atoms with Gasteiger partial charge in [0.15, 0.2) is 5.13 Å². The van der Waals surface area contributed by atoms with Gasteiger partial charge in [0.1, 0.15) is 0 Å². The molecule has 0 amide bonds. The number of benzene rings is 2. The number of aromatic nitrogens is 1. The fraction of sp³-hybridized carbons (Fsp3) is 0. The molecule has 0 saturated heterocycles. The van der Waals surface area contributed by atoms with Crippen molar-refractivity contribution in [3.8, 4) is 11.3 Å². The number of para-hydroxylation sites is 1. The van der Waals surface area contributed by atoms with Gasteiger partial charge in [0.25, 0.3) is 0 Å². The maximum atomic E-state index is 4.60. The van der Waals surface area contributed by atoms with Gasteiger partial charge in [0.2, 0.25) is 0 Å². The summed E-state index contributed by atoms with van der Waals surface area (Å²) < 4.78 is 1.08. The molecule has 3 rings (SSSR count). The number of thiazole rings is 1. The lowest BCUT2D eigenvalue weighted by molar-refractivity contribution is 1.38. The van der Waals surface area contributed by atoms with E-state index in [1.807, 2.05) is 42.5 Å². The van der Waals surface area contributed by atoms with Crippen molar-refractivity contribution >= 4 is 38.1 Å². The van der Waals surface area contributed by atoms with Gasteiger partial charge >= 0.3 is 0 Å². The van der Waals surface area contributed by atoms with Crippen LogP contribution in [-0.2, 0) is 0 Å². The van der Waals surface area contributed by atoms with Crippen LogP contribution in [0, 0.1) is 0 Å². The zero-order chi connectivity index (χ0) is 13.1. The highest BCUT2D eigenvalue weighted by atomic mass is 79.9. The SMILES string of the molecule is Brc1ccc(-c2csc(Nc3ccccc3)n2)cc1. The third-order valence-corrected chi connectivity index (χ3v) is 3.96. The van der Waals surface area contributed by atoms with Gasteiger partial charge in [-0.05, 0) is 24.3 Å². The summed E-state index contributed by atoms with van der Waals surface area (Å²) in [5.41, 5.74) is 3.18. The molecule has 0 aliphatic rings. The predicted octanol–water partition coefficient (Wildman–Crippen LogP) is 5.32. The fourth-order valence-corrected chi connectivity index (χ4v) is 2.73. The summed E-state index contributed by atoms with van der Waals surface area (Å²) in [6.45, 7) is 0. The van der Waals surface area contributed by atoms with E-state index in [1.54, 1.807) is 11.3 Å². The number of hydrogen-bond acceptors (Lipinski definition) is 3. The summed E-state index contributed by atoms with van der Waals surface area (Å²) in [5, 5.41) is 6.27. The van der Waals surface area contributed by atoms with Crippen LogP contribution in [0.4, 0.5) is 10.8 Å². The van der Waals surface area contributed by atoms with Crippen molar-refractivity contribution in [3.63, 3.8) is 0 Å². The summed E-state index contributed by atoms with van der Waals surface area (Å²) in [6.07, 6.45) is 0. The van der Waals surface area contributed by atoms with Crippen molar-refractivity contribution in [2.24, 2.45) is 0 Å². The largest absolute Gasteiger partial charge is 0.332 e. The third kappa shape index (κ3) is 3.03. The van der Waals surface area contributed by atoms with Crippen LogP contribution < -0.4 is 5.32 Å². The van der Waals surface area contributed by atoms with Gasteiger partial charge in [-0.3, -0.25) is 0 Å². The highest BCUT2D eigenvalue weighted by Gasteiger charge is 2.04. The summed E-state index contributed by atoms with van der Waals surface area (Å²) in [7, 11) is 0. The average Bonchev–Trinajstić information content (AvgIpc) is 2.89. The molecule has 4 heteroatoms. The van der Waals surface area contributed by atoms with Gasteiger partial charge < -0.3 is 5.32 Å². The van der Waals surface area contributed by atoms with E-state index in [9.17, 15) is 0 Å². The zero-order valence-corrected chi connectivity index (χ0v) is 12.4. The van der Waals surface area contributed by atoms with Crippen LogP contribution in [-0.4, -0.2) is 4.98 Å². The number of rotatable bonds is 3. The minimum atomic E-state index is 0.907. The zero-order valence-electron chi connectivity index (χ0n) is 10.0. The highest BCUT2D eigenvalue weighted by molar-refractivity contribution is 9.10. The molecular formula is C15H11BrN2S. The van der Waals surface area contributed by atoms with Gasteiger partial charge in [-0.25, -0.2) is 4.98 Å². The molecule has 0 unspecified atom stereocenters. The molecule has 0 radical (unpaired) electrons. The van der Waals surface area contributed by atoms with Gasteiger partial charge in [-0.1, -0.05) is 46.3 Å². The van der Waals surface area contributed by atoms with Gasteiger partial charge in [-0.15, -0.1) is 11.3 Å². The van der Waals surface area contributed by atoms with Crippen LogP contribution in [0.2, 0.25) is 0 Å². The molecule has 1 N–H and O–H groups in total. The Labute approximate surface area is 124 Å². The molecule has 0 aliphatic carbocycles. The minimum absolute atomic E-state index is 0.907. The quantitative estimate of drug-likeness (QED) is 0.703. The lowest BCUT2D eigenvalue weighted by atomic mass is 10.2. The minimum Gasteiger partial charge on any atom is -0.332 e. The number of anilines is 2. The van der Waals surface area contributed by atoms with E-state index in [1.165, 1.54) is 0 Å². The molecule has 3 aromatic rings. The van der Waals surface area contributed by atoms with Crippen molar-refractivity contribution in [1.29, 1.82) is 0 Å². The first-order chi connectivity index (χ1) is 9.31. The molecule has 0 spiro atoms. The maximum absolute atomic E-state index is 4.60. The fourth-order valence-electron chi connectivity index (χ4n) is 1.73. The van der Waals surface area contributed by atoms with Crippen LogP contribution in [0.5, 0.6) is 0 Å².